The fourth-order valence-corrected chi connectivity index (χ4v) is 8.20. The molecule has 2 aliphatic heterocycles. The number of amides is 2. The number of benzene rings is 3. The van der Waals surface area contributed by atoms with Crippen molar-refractivity contribution in [3.8, 4) is 33.9 Å². The first-order valence-corrected chi connectivity index (χ1v) is 24.3. The minimum Gasteiger partial charge on any atom is -0.457 e. The number of oxime groups is 1. The highest BCUT2D eigenvalue weighted by Crippen LogP contribution is 2.34. The Hall–Kier alpha value is -5.55. The molecule has 2 aliphatic rings. The van der Waals surface area contributed by atoms with Crippen LogP contribution in [0.2, 0.25) is 0 Å². The van der Waals surface area contributed by atoms with E-state index in [9.17, 15) is 14.4 Å². The van der Waals surface area contributed by atoms with Crippen molar-refractivity contribution in [3.05, 3.63) is 95.6 Å². The number of imidazole rings is 1. The lowest BCUT2D eigenvalue weighted by molar-refractivity contribution is -0.166. The quantitative estimate of drug-likeness (QED) is 0.0341. The Morgan fingerprint density at radius 3 is 1.97 bits per heavy atom. The smallest absolute Gasteiger partial charge is 0.351 e. The highest BCUT2D eigenvalue weighted by molar-refractivity contribution is 6.04. The van der Waals surface area contributed by atoms with Gasteiger partial charge in [-0.1, -0.05) is 156 Å². The van der Waals surface area contributed by atoms with E-state index in [1.165, 1.54) is 77.0 Å². The van der Waals surface area contributed by atoms with Gasteiger partial charge in [-0.05, 0) is 69.4 Å². The zero-order chi connectivity index (χ0) is 45.9. The van der Waals surface area contributed by atoms with Crippen molar-refractivity contribution in [1.29, 1.82) is 0 Å². The summed E-state index contributed by atoms with van der Waals surface area (Å²) < 4.78 is 11.1. The third-order valence-corrected chi connectivity index (χ3v) is 11.9. The summed E-state index contributed by atoms with van der Waals surface area (Å²) >= 11 is 0. The molecule has 3 N–H and O–H groups in total. The van der Waals surface area contributed by atoms with E-state index in [2.05, 4.69) is 27.7 Å². The van der Waals surface area contributed by atoms with Gasteiger partial charge in [-0.15, -0.1) is 0 Å². The first-order chi connectivity index (χ1) is 31.6. The number of rotatable bonds is 25. The first-order valence-electron chi connectivity index (χ1n) is 24.3. The highest BCUT2D eigenvalue weighted by atomic mass is 16.7. The van der Waals surface area contributed by atoms with Gasteiger partial charge in [0.1, 0.15) is 11.4 Å². The second-order valence-corrected chi connectivity index (χ2v) is 18.5. The molecule has 1 saturated heterocycles. The van der Waals surface area contributed by atoms with Crippen LogP contribution >= 0.6 is 0 Å². The number of ether oxygens (including phenoxy) is 2. The van der Waals surface area contributed by atoms with E-state index in [0.29, 0.717) is 36.6 Å². The van der Waals surface area contributed by atoms with Gasteiger partial charge in [0.15, 0.2) is 0 Å². The predicted molar refractivity (Wildman–Crippen MR) is 260 cm³/mol. The highest BCUT2D eigenvalue weighted by Gasteiger charge is 2.33. The van der Waals surface area contributed by atoms with Gasteiger partial charge in [0.2, 0.25) is 12.0 Å². The fraction of sp³-hybridized carbons (Fsp3) is 0.500. The Kier molecular flexibility index (Phi) is 19.0. The molecular weight excluding hydrogens is 815 g/mol. The number of nitrogens with one attached hydrogen (secondary N) is 3. The molecule has 0 radical (unpaired) electrons. The minimum atomic E-state index is -0.783. The van der Waals surface area contributed by atoms with Gasteiger partial charge in [0, 0.05) is 54.4 Å². The van der Waals surface area contributed by atoms with E-state index < -0.39 is 17.7 Å². The summed E-state index contributed by atoms with van der Waals surface area (Å²) in [5.74, 6) is -0.00226. The van der Waals surface area contributed by atoms with E-state index in [4.69, 9.17) is 19.3 Å². The zero-order valence-electron chi connectivity index (χ0n) is 39.2. The zero-order valence-corrected chi connectivity index (χ0v) is 39.2. The Morgan fingerprint density at radius 2 is 1.35 bits per heavy atom. The van der Waals surface area contributed by atoms with Crippen LogP contribution in [0.25, 0.3) is 40.0 Å². The van der Waals surface area contributed by atoms with Crippen molar-refractivity contribution in [2.45, 2.75) is 155 Å². The monoisotopic (exact) mass is 886 g/mol. The van der Waals surface area contributed by atoms with Crippen molar-refractivity contribution in [3.63, 3.8) is 0 Å². The first kappa shape index (κ1) is 48.9. The maximum absolute atomic E-state index is 13.1. The maximum atomic E-state index is 13.1. The Morgan fingerprint density at radius 1 is 0.754 bits per heavy atom. The largest absolute Gasteiger partial charge is 0.457 e. The van der Waals surface area contributed by atoms with Gasteiger partial charge in [-0.3, -0.25) is 9.59 Å². The molecule has 0 spiro atoms. The topological polar surface area (TPSA) is 144 Å². The maximum Gasteiger partial charge on any atom is 0.351 e. The Balaban J connectivity index is 1.06. The number of esters is 1. The molecular formula is C54H71N5O6. The average Bonchev–Trinajstić information content (AvgIpc) is 4.12. The molecule has 0 bridgehead atoms. The van der Waals surface area contributed by atoms with Gasteiger partial charge >= 0.3 is 5.97 Å². The van der Waals surface area contributed by atoms with Crippen LogP contribution in [0.5, 0.6) is 0 Å². The Labute approximate surface area is 386 Å². The molecule has 1 fully saturated rings. The van der Waals surface area contributed by atoms with Crippen LogP contribution in [0.1, 0.15) is 158 Å². The van der Waals surface area contributed by atoms with Gasteiger partial charge in [-0.2, -0.15) is 0 Å². The summed E-state index contributed by atoms with van der Waals surface area (Å²) in [4.78, 5) is 52.3. The summed E-state index contributed by atoms with van der Waals surface area (Å²) in [5, 5.41) is 10.2. The van der Waals surface area contributed by atoms with Gasteiger partial charge in [0.05, 0.1) is 23.2 Å². The predicted octanol–water partition coefficient (Wildman–Crippen LogP) is 11.8. The number of aromatic nitrogens is 2. The van der Waals surface area contributed by atoms with E-state index in [1.807, 2.05) is 93.6 Å². The van der Waals surface area contributed by atoms with Crippen molar-refractivity contribution in [1.82, 2.24) is 20.6 Å². The lowest BCUT2D eigenvalue weighted by atomic mass is 10.00. The normalized spacial score (nSPS) is 16.1. The van der Waals surface area contributed by atoms with Gasteiger partial charge in [0.25, 0.3) is 5.91 Å². The number of hydrogen-bond donors (Lipinski definition) is 3. The molecule has 0 saturated carbocycles. The Bertz CT molecular complexity index is 2160. The van der Waals surface area contributed by atoms with Crippen LogP contribution in [-0.2, 0) is 23.9 Å². The minimum absolute atomic E-state index is 0.0729. The molecule has 65 heavy (non-hydrogen) atoms. The van der Waals surface area contributed by atoms with Crippen molar-refractivity contribution in [2.75, 3.05) is 19.7 Å². The molecule has 11 heteroatoms. The summed E-state index contributed by atoms with van der Waals surface area (Å²) in [7, 11) is 0. The van der Waals surface area contributed by atoms with Crippen LogP contribution in [0.3, 0.4) is 0 Å². The molecule has 348 valence electrons. The number of carbonyl (C=O) groups excluding carboxylic acids is 3. The standard InChI is InChI=1S/C54H71N5O6/c1-5-6-7-8-9-10-11-12-13-14-15-16-17-18-35-55-52(61)44-32-30-43(31-33-44)51-57-49(41-24-21-39(22-25-41)23-34-48(60)56-38-45-20-19-36-63-45)50(58-51)42-28-26-40(27-29-42)46-37-47(65-59-46)53(62)64-54(2,3)4/h21-34,45,47H,5-20,35-38H2,1-4H3,(H,55,61)(H,56,60)(H,57,58). The van der Waals surface area contributed by atoms with E-state index in [1.54, 1.807) is 12.2 Å². The van der Waals surface area contributed by atoms with Gasteiger partial charge < -0.3 is 29.9 Å². The summed E-state index contributed by atoms with van der Waals surface area (Å²) in [6.45, 7) is 9.68. The summed E-state index contributed by atoms with van der Waals surface area (Å²) in [5.41, 5.74) is 6.58. The number of unbranched alkanes of at least 4 members (excludes halogenated alkanes) is 13. The second-order valence-electron chi connectivity index (χ2n) is 18.5. The molecule has 2 amide bonds. The van der Waals surface area contributed by atoms with Crippen molar-refractivity contribution in [2.24, 2.45) is 5.16 Å². The van der Waals surface area contributed by atoms with Crippen LogP contribution in [-0.4, -0.2) is 71.0 Å². The van der Waals surface area contributed by atoms with Crippen molar-refractivity contribution >= 4 is 29.6 Å². The van der Waals surface area contributed by atoms with Crippen molar-refractivity contribution < 1.29 is 28.7 Å². The molecule has 6 rings (SSSR count). The summed E-state index contributed by atoms with van der Waals surface area (Å²) in [6.07, 6.45) is 23.2. The number of nitrogens with zero attached hydrogens (tertiary/aromatic N) is 2. The number of aromatic amines is 1. The van der Waals surface area contributed by atoms with E-state index in [-0.39, 0.29) is 17.9 Å². The molecule has 2 unspecified atom stereocenters. The lowest BCUT2D eigenvalue weighted by Gasteiger charge is -2.20. The number of hydrogen-bond acceptors (Lipinski definition) is 8. The second kappa shape index (κ2) is 25.2. The third-order valence-electron chi connectivity index (χ3n) is 11.9. The molecule has 2 atom stereocenters. The molecule has 3 heterocycles. The molecule has 11 nitrogen and oxygen atoms in total. The lowest BCUT2D eigenvalue weighted by Crippen LogP contribution is -2.32. The van der Waals surface area contributed by atoms with E-state index >= 15 is 0 Å². The molecule has 3 aromatic carbocycles. The SMILES string of the molecule is CCCCCCCCCCCCCCCCNC(=O)c1ccc(-c2nc(-c3ccc(C4=NOC(C(=O)OC(C)(C)C)C4)cc3)c(-c3ccc(C=CC(=O)NCC4CCCO4)cc3)[nH]2)cc1. The van der Waals surface area contributed by atoms with Crippen LogP contribution in [0.4, 0.5) is 0 Å². The molecule has 4 aromatic rings. The van der Waals surface area contributed by atoms with Crippen LogP contribution in [0, 0.1) is 0 Å². The average molecular weight is 886 g/mol. The third kappa shape index (κ3) is 15.8. The van der Waals surface area contributed by atoms with Gasteiger partial charge in [-0.25, -0.2) is 9.78 Å². The number of H-pyrrole nitrogens is 1. The fourth-order valence-electron chi connectivity index (χ4n) is 8.20. The van der Waals surface area contributed by atoms with Crippen LogP contribution in [0.15, 0.2) is 84.0 Å². The molecule has 0 aliphatic carbocycles. The van der Waals surface area contributed by atoms with Crippen LogP contribution < -0.4 is 10.6 Å². The molecule has 1 aromatic heterocycles. The number of carbonyl (C=O) groups is 3. The van der Waals surface area contributed by atoms with E-state index in [0.717, 1.165) is 71.5 Å². The summed E-state index contributed by atoms with van der Waals surface area (Å²) in [6, 6.07) is 23.4.